The lowest BCUT2D eigenvalue weighted by atomic mass is 10.1. The van der Waals surface area contributed by atoms with Crippen molar-refractivity contribution in [3.8, 4) is 5.75 Å². The zero-order valence-electron chi connectivity index (χ0n) is 18.4. The maximum absolute atomic E-state index is 13.5. The predicted octanol–water partition coefficient (Wildman–Crippen LogP) is 4.21. The number of amides is 1. The van der Waals surface area contributed by atoms with E-state index in [-0.39, 0.29) is 24.5 Å². The fourth-order valence-corrected chi connectivity index (χ4v) is 3.94. The van der Waals surface area contributed by atoms with Gasteiger partial charge in [-0.15, -0.1) is 0 Å². The minimum absolute atomic E-state index is 0.102. The average Bonchev–Trinajstić information content (AvgIpc) is 3.31. The number of pyridine rings is 1. The Labute approximate surface area is 194 Å². The second kappa shape index (κ2) is 11.5. The van der Waals surface area contributed by atoms with Crippen LogP contribution >= 0.6 is 11.6 Å². The zero-order chi connectivity index (χ0) is 22.9. The van der Waals surface area contributed by atoms with Crippen LogP contribution in [0.25, 0.3) is 0 Å². The van der Waals surface area contributed by atoms with Crippen molar-refractivity contribution in [3.63, 3.8) is 0 Å². The van der Waals surface area contributed by atoms with E-state index in [1.807, 2.05) is 43.2 Å². The van der Waals surface area contributed by atoms with Crippen LogP contribution in [0.2, 0.25) is 5.02 Å². The molecule has 1 atom stereocenters. The summed E-state index contributed by atoms with van der Waals surface area (Å²) >= 11 is 6.30. The molecule has 1 aromatic heterocycles. The number of halogens is 1. The van der Waals surface area contributed by atoms with Gasteiger partial charge in [-0.2, -0.15) is 0 Å². The van der Waals surface area contributed by atoms with Gasteiger partial charge in [-0.3, -0.25) is 9.78 Å². The first-order chi connectivity index (χ1) is 15.5. The van der Waals surface area contributed by atoms with Gasteiger partial charge >= 0.3 is 0 Å². The summed E-state index contributed by atoms with van der Waals surface area (Å²) in [5.41, 5.74) is 1.39. The number of anilines is 1. The second-order valence-electron chi connectivity index (χ2n) is 7.79. The van der Waals surface area contributed by atoms with Crippen molar-refractivity contribution >= 4 is 29.5 Å². The van der Waals surface area contributed by atoms with Crippen LogP contribution in [-0.2, 0) is 4.79 Å². The minimum Gasteiger partial charge on any atom is -0.492 e. The number of ether oxygens (including phenoxy) is 1. The maximum atomic E-state index is 13.5. The fourth-order valence-electron chi connectivity index (χ4n) is 3.72. The third-order valence-corrected chi connectivity index (χ3v) is 5.37. The van der Waals surface area contributed by atoms with Gasteiger partial charge < -0.3 is 24.6 Å². The first kappa shape index (κ1) is 23.6. The van der Waals surface area contributed by atoms with Crippen molar-refractivity contribution in [2.24, 2.45) is 0 Å². The molecule has 1 amide bonds. The van der Waals surface area contributed by atoms with Gasteiger partial charge in [0, 0.05) is 54.2 Å². The number of nitrogens with one attached hydrogen (secondary N) is 1. The minimum atomic E-state index is -0.341. The van der Waals surface area contributed by atoms with Crippen molar-refractivity contribution in [1.29, 1.82) is 0 Å². The molecule has 0 fully saturated rings. The number of hydrogen-bond acceptors (Lipinski definition) is 6. The van der Waals surface area contributed by atoms with E-state index in [0.717, 1.165) is 24.9 Å². The molecule has 0 bridgehead atoms. The normalized spacial score (nSPS) is 13.8. The highest BCUT2D eigenvalue weighted by Gasteiger charge is 2.31. The Kier molecular flexibility index (Phi) is 8.50. The number of benzene rings is 1. The molecule has 0 saturated heterocycles. The topological polar surface area (TPSA) is 74.8 Å². The Morgan fingerprint density at radius 2 is 2.09 bits per heavy atom. The molecule has 7 nitrogen and oxygen atoms in total. The number of aromatic nitrogens is 1. The third-order valence-electron chi connectivity index (χ3n) is 5.15. The van der Waals surface area contributed by atoms with E-state index in [1.165, 1.54) is 0 Å². The number of carbonyl (C=O) groups is 2. The highest BCUT2D eigenvalue weighted by atomic mass is 35.5. The molecule has 170 valence electrons. The Morgan fingerprint density at radius 3 is 2.75 bits per heavy atom. The van der Waals surface area contributed by atoms with Crippen LogP contribution in [0.4, 0.5) is 5.69 Å². The maximum Gasteiger partial charge on any atom is 0.255 e. The standard InChI is InChI=1S/C24H29ClN4O3/c1-18(2)29(23(7-13-30)28-11-3-4-12-28)24(31)19-15-20(25)17-22(16-19)32-14-10-27-21-5-8-26-9-6-21/h3,5-6,8-9,11,13,15-18,23H,4,7,10,12,14H2,1-2H3,(H,26,27). The van der Waals surface area contributed by atoms with E-state index in [2.05, 4.69) is 10.3 Å². The highest BCUT2D eigenvalue weighted by molar-refractivity contribution is 6.31. The zero-order valence-corrected chi connectivity index (χ0v) is 19.2. The molecule has 1 aromatic carbocycles. The van der Waals surface area contributed by atoms with Gasteiger partial charge in [0.1, 0.15) is 24.8 Å². The summed E-state index contributed by atoms with van der Waals surface area (Å²) in [5, 5.41) is 3.66. The van der Waals surface area contributed by atoms with Gasteiger partial charge in [0.15, 0.2) is 0 Å². The molecule has 0 spiro atoms. The van der Waals surface area contributed by atoms with Crippen LogP contribution in [0.1, 0.15) is 37.0 Å². The average molecular weight is 457 g/mol. The van der Waals surface area contributed by atoms with Crippen LogP contribution in [0, 0.1) is 0 Å². The number of rotatable bonds is 11. The van der Waals surface area contributed by atoms with Crippen molar-refractivity contribution in [2.45, 2.75) is 38.9 Å². The van der Waals surface area contributed by atoms with Crippen molar-refractivity contribution < 1.29 is 14.3 Å². The monoisotopic (exact) mass is 456 g/mol. The second-order valence-corrected chi connectivity index (χ2v) is 8.22. The van der Waals surface area contributed by atoms with Crippen LogP contribution in [0.3, 0.4) is 0 Å². The van der Waals surface area contributed by atoms with Crippen molar-refractivity contribution in [1.82, 2.24) is 14.8 Å². The largest absolute Gasteiger partial charge is 0.492 e. The fraction of sp³-hybridized carbons (Fsp3) is 0.375. The Balaban J connectivity index is 1.71. The lowest BCUT2D eigenvalue weighted by molar-refractivity contribution is -0.110. The number of carbonyl (C=O) groups excluding carboxylic acids is 2. The van der Waals surface area contributed by atoms with Crippen LogP contribution in [0.5, 0.6) is 5.75 Å². The smallest absolute Gasteiger partial charge is 0.255 e. The molecule has 3 rings (SSSR count). The van der Waals surface area contributed by atoms with Crippen LogP contribution in [-0.4, -0.2) is 58.9 Å². The van der Waals surface area contributed by atoms with Gasteiger partial charge in [0.25, 0.3) is 5.91 Å². The molecule has 1 aliphatic heterocycles. The lowest BCUT2D eigenvalue weighted by Crippen LogP contribution is -2.52. The SMILES string of the molecule is CC(C)N(C(=O)c1cc(Cl)cc(OCCNc2ccncc2)c1)C(CC=O)N1C=CCC1. The molecule has 2 aromatic rings. The summed E-state index contributed by atoms with van der Waals surface area (Å²) in [7, 11) is 0. The Bertz CT molecular complexity index is 936. The first-order valence-corrected chi connectivity index (χ1v) is 11.1. The summed E-state index contributed by atoms with van der Waals surface area (Å²) in [6.07, 6.45) is 9.10. The van der Waals surface area contributed by atoms with Gasteiger partial charge in [0.05, 0.1) is 0 Å². The lowest BCUT2D eigenvalue weighted by Gasteiger charge is -2.39. The summed E-state index contributed by atoms with van der Waals surface area (Å²) in [6, 6.07) is 8.68. The molecular weight excluding hydrogens is 428 g/mol. The Morgan fingerprint density at radius 1 is 1.31 bits per heavy atom. The van der Waals surface area contributed by atoms with Gasteiger partial charge in [-0.25, -0.2) is 0 Å². The van der Waals surface area contributed by atoms with E-state index in [9.17, 15) is 9.59 Å². The number of nitrogens with zero attached hydrogens (tertiary/aromatic N) is 3. The van der Waals surface area contributed by atoms with E-state index in [4.69, 9.17) is 16.3 Å². The highest BCUT2D eigenvalue weighted by Crippen LogP contribution is 2.26. The molecule has 1 unspecified atom stereocenters. The van der Waals surface area contributed by atoms with Crippen LogP contribution < -0.4 is 10.1 Å². The van der Waals surface area contributed by atoms with E-state index in [1.54, 1.807) is 35.5 Å². The van der Waals surface area contributed by atoms with E-state index < -0.39 is 0 Å². The molecule has 8 heteroatoms. The number of aldehydes is 1. The predicted molar refractivity (Wildman–Crippen MR) is 126 cm³/mol. The number of hydrogen-bond donors (Lipinski definition) is 1. The quantitative estimate of drug-likeness (QED) is 0.403. The summed E-state index contributed by atoms with van der Waals surface area (Å²) in [6.45, 7) is 5.66. The first-order valence-electron chi connectivity index (χ1n) is 10.8. The Hall–Kier alpha value is -3.06. The van der Waals surface area contributed by atoms with E-state index >= 15 is 0 Å². The molecule has 0 radical (unpaired) electrons. The molecule has 0 saturated carbocycles. The summed E-state index contributed by atoms with van der Waals surface area (Å²) < 4.78 is 5.84. The van der Waals surface area contributed by atoms with Crippen molar-refractivity contribution in [3.05, 3.63) is 65.6 Å². The molecular formula is C24H29ClN4O3. The molecule has 1 aliphatic rings. The van der Waals surface area contributed by atoms with Crippen molar-refractivity contribution in [2.75, 3.05) is 25.0 Å². The van der Waals surface area contributed by atoms with Gasteiger partial charge in [-0.1, -0.05) is 17.7 Å². The molecule has 1 N–H and O–H groups in total. The van der Waals surface area contributed by atoms with Gasteiger partial charge in [-0.05, 0) is 56.8 Å². The molecule has 32 heavy (non-hydrogen) atoms. The van der Waals surface area contributed by atoms with E-state index in [0.29, 0.717) is 29.5 Å². The molecule has 2 heterocycles. The third kappa shape index (κ3) is 6.23. The van der Waals surface area contributed by atoms with Gasteiger partial charge in [0.2, 0.25) is 0 Å². The summed E-state index contributed by atoms with van der Waals surface area (Å²) in [4.78, 5) is 32.6. The molecule has 0 aliphatic carbocycles. The summed E-state index contributed by atoms with van der Waals surface area (Å²) in [5.74, 6) is 0.337. The van der Waals surface area contributed by atoms with Crippen LogP contribution in [0.15, 0.2) is 55.0 Å².